The highest BCUT2D eigenvalue weighted by molar-refractivity contribution is 4.79. The molecule has 2 saturated carbocycles. The van der Waals surface area contributed by atoms with Crippen LogP contribution in [0.15, 0.2) is 0 Å². The number of rotatable bonds is 6. The zero-order chi connectivity index (χ0) is 9.80. The quantitative estimate of drug-likeness (QED) is 0.659. The van der Waals surface area contributed by atoms with Crippen molar-refractivity contribution in [3.63, 3.8) is 0 Å². The Morgan fingerprint density at radius 1 is 1.21 bits per heavy atom. The average Bonchev–Trinajstić information content (AvgIpc) is 2.91. The van der Waals surface area contributed by atoms with Gasteiger partial charge in [0.05, 0.1) is 6.61 Å². The van der Waals surface area contributed by atoms with Gasteiger partial charge in [0, 0.05) is 19.2 Å². The van der Waals surface area contributed by atoms with Crippen LogP contribution in [0.4, 0.5) is 0 Å². The Kier molecular flexibility index (Phi) is 3.82. The predicted molar refractivity (Wildman–Crippen MR) is 58.3 cm³/mol. The molecule has 14 heavy (non-hydrogen) atoms. The van der Waals surface area contributed by atoms with E-state index < -0.39 is 0 Å². The van der Waals surface area contributed by atoms with Crippen molar-refractivity contribution in [2.24, 2.45) is 11.8 Å². The van der Waals surface area contributed by atoms with E-state index in [0.717, 1.165) is 37.6 Å². The Labute approximate surface area is 87.4 Å². The minimum absolute atomic E-state index is 0.763. The third kappa shape index (κ3) is 3.25. The number of nitrogens with one attached hydrogen (secondary N) is 1. The van der Waals surface area contributed by atoms with Crippen molar-refractivity contribution in [1.82, 2.24) is 5.32 Å². The summed E-state index contributed by atoms with van der Waals surface area (Å²) in [6.45, 7) is 5.30. The Balaban J connectivity index is 1.45. The van der Waals surface area contributed by atoms with Crippen molar-refractivity contribution in [2.45, 2.75) is 45.1 Å². The third-order valence-electron chi connectivity index (χ3n) is 3.56. The van der Waals surface area contributed by atoms with Crippen molar-refractivity contribution >= 4 is 0 Å². The van der Waals surface area contributed by atoms with Crippen molar-refractivity contribution in [2.75, 3.05) is 19.8 Å². The van der Waals surface area contributed by atoms with Crippen LogP contribution in [0, 0.1) is 11.8 Å². The molecule has 2 fully saturated rings. The first-order valence-electron chi connectivity index (χ1n) is 6.17. The first kappa shape index (κ1) is 10.4. The largest absolute Gasteiger partial charge is 0.380 e. The predicted octanol–water partition coefficient (Wildman–Crippen LogP) is 2.19. The van der Waals surface area contributed by atoms with E-state index in [1.165, 1.54) is 32.1 Å². The maximum atomic E-state index is 5.59. The van der Waals surface area contributed by atoms with Gasteiger partial charge in [0.1, 0.15) is 0 Å². The van der Waals surface area contributed by atoms with Crippen molar-refractivity contribution < 1.29 is 4.74 Å². The van der Waals surface area contributed by atoms with Gasteiger partial charge in [-0.3, -0.25) is 0 Å². The fourth-order valence-corrected chi connectivity index (χ4v) is 2.30. The molecule has 0 aliphatic heterocycles. The van der Waals surface area contributed by atoms with Crippen LogP contribution >= 0.6 is 0 Å². The highest BCUT2D eigenvalue weighted by Gasteiger charge is 2.23. The Bertz CT molecular complexity index is 168. The highest BCUT2D eigenvalue weighted by Crippen LogP contribution is 2.28. The van der Waals surface area contributed by atoms with Crippen LogP contribution in [0.25, 0.3) is 0 Å². The van der Waals surface area contributed by atoms with Crippen LogP contribution in [-0.2, 0) is 4.74 Å². The summed E-state index contributed by atoms with van der Waals surface area (Å²) >= 11 is 0. The van der Waals surface area contributed by atoms with E-state index in [-0.39, 0.29) is 0 Å². The molecule has 0 radical (unpaired) electrons. The molecule has 2 rings (SSSR count). The summed E-state index contributed by atoms with van der Waals surface area (Å²) in [4.78, 5) is 0. The van der Waals surface area contributed by atoms with E-state index in [9.17, 15) is 0 Å². The average molecular weight is 197 g/mol. The zero-order valence-corrected chi connectivity index (χ0v) is 9.30. The lowest BCUT2D eigenvalue weighted by molar-refractivity contribution is 0.123. The molecule has 2 heteroatoms. The van der Waals surface area contributed by atoms with Crippen LogP contribution in [0.3, 0.4) is 0 Å². The summed E-state index contributed by atoms with van der Waals surface area (Å²) in [5.74, 6) is 1.78. The van der Waals surface area contributed by atoms with E-state index in [2.05, 4.69) is 12.2 Å². The third-order valence-corrected chi connectivity index (χ3v) is 3.56. The van der Waals surface area contributed by atoms with Crippen LogP contribution in [-0.4, -0.2) is 25.8 Å². The molecular formula is C12H23NO. The Morgan fingerprint density at radius 2 is 2.07 bits per heavy atom. The van der Waals surface area contributed by atoms with E-state index >= 15 is 0 Å². The molecular weight excluding hydrogens is 174 g/mol. The zero-order valence-electron chi connectivity index (χ0n) is 9.30. The van der Waals surface area contributed by atoms with Crippen molar-refractivity contribution in [3.05, 3.63) is 0 Å². The SMILES string of the molecule is CC1CCCC1NCCOCC1CC1. The van der Waals surface area contributed by atoms with E-state index in [4.69, 9.17) is 4.74 Å². The van der Waals surface area contributed by atoms with Crippen molar-refractivity contribution in [3.8, 4) is 0 Å². The second-order valence-electron chi connectivity index (χ2n) is 4.99. The van der Waals surface area contributed by atoms with Crippen LogP contribution in [0.1, 0.15) is 39.0 Å². The lowest BCUT2D eigenvalue weighted by atomic mass is 10.1. The van der Waals surface area contributed by atoms with Gasteiger partial charge < -0.3 is 10.1 Å². The molecule has 0 aromatic heterocycles. The second-order valence-corrected chi connectivity index (χ2v) is 4.99. The minimum atomic E-state index is 0.763. The molecule has 82 valence electrons. The molecule has 1 N–H and O–H groups in total. The van der Waals surface area contributed by atoms with Crippen LogP contribution < -0.4 is 5.32 Å². The van der Waals surface area contributed by atoms with Crippen LogP contribution in [0.5, 0.6) is 0 Å². The van der Waals surface area contributed by atoms with E-state index in [1.807, 2.05) is 0 Å². The number of hydrogen-bond acceptors (Lipinski definition) is 2. The molecule has 0 amide bonds. The number of ether oxygens (including phenoxy) is 1. The second kappa shape index (κ2) is 5.13. The summed E-state index contributed by atoms with van der Waals surface area (Å²) in [7, 11) is 0. The van der Waals surface area contributed by atoms with Gasteiger partial charge in [-0.2, -0.15) is 0 Å². The van der Waals surface area contributed by atoms with Crippen LogP contribution in [0.2, 0.25) is 0 Å². The first-order chi connectivity index (χ1) is 6.86. The summed E-state index contributed by atoms with van der Waals surface area (Å²) in [6.07, 6.45) is 6.96. The maximum Gasteiger partial charge on any atom is 0.0591 e. The van der Waals surface area contributed by atoms with Gasteiger partial charge in [0.25, 0.3) is 0 Å². The molecule has 2 aliphatic rings. The standard InChI is InChI=1S/C12H23NO/c1-10-3-2-4-12(10)13-7-8-14-9-11-5-6-11/h10-13H,2-9H2,1H3. The van der Waals surface area contributed by atoms with Gasteiger partial charge in [0.2, 0.25) is 0 Å². The fraction of sp³-hybridized carbons (Fsp3) is 1.00. The maximum absolute atomic E-state index is 5.59. The molecule has 0 spiro atoms. The summed E-state index contributed by atoms with van der Waals surface area (Å²) in [5, 5.41) is 3.60. The molecule has 0 bridgehead atoms. The van der Waals surface area contributed by atoms with Gasteiger partial charge in [-0.1, -0.05) is 13.3 Å². The first-order valence-corrected chi connectivity index (χ1v) is 6.17. The molecule has 0 aromatic rings. The van der Waals surface area contributed by atoms with Gasteiger partial charge in [-0.05, 0) is 37.5 Å². The molecule has 2 unspecified atom stereocenters. The highest BCUT2D eigenvalue weighted by atomic mass is 16.5. The normalized spacial score (nSPS) is 32.4. The monoisotopic (exact) mass is 197 g/mol. The van der Waals surface area contributed by atoms with Gasteiger partial charge >= 0.3 is 0 Å². The Morgan fingerprint density at radius 3 is 2.71 bits per heavy atom. The van der Waals surface area contributed by atoms with E-state index in [0.29, 0.717) is 0 Å². The molecule has 2 aliphatic carbocycles. The minimum Gasteiger partial charge on any atom is -0.380 e. The molecule has 2 atom stereocenters. The summed E-state index contributed by atoms with van der Waals surface area (Å²) in [6, 6.07) is 0.763. The van der Waals surface area contributed by atoms with Crippen molar-refractivity contribution in [1.29, 1.82) is 0 Å². The summed E-state index contributed by atoms with van der Waals surface area (Å²) < 4.78 is 5.59. The lowest BCUT2D eigenvalue weighted by Crippen LogP contribution is -2.33. The molecule has 0 aromatic carbocycles. The molecule has 0 heterocycles. The van der Waals surface area contributed by atoms with Gasteiger partial charge in [0.15, 0.2) is 0 Å². The smallest absolute Gasteiger partial charge is 0.0591 e. The van der Waals surface area contributed by atoms with E-state index in [1.54, 1.807) is 0 Å². The summed E-state index contributed by atoms with van der Waals surface area (Å²) in [5.41, 5.74) is 0. The van der Waals surface area contributed by atoms with Gasteiger partial charge in [-0.15, -0.1) is 0 Å². The number of hydrogen-bond donors (Lipinski definition) is 1. The topological polar surface area (TPSA) is 21.3 Å². The van der Waals surface area contributed by atoms with Gasteiger partial charge in [-0.25, -0.2) is 0 Å². The molecule has 2 nitrogen and oxygen atoms in total. The fourth-order valence-electron chi connectivity index (χ4n) is 2.30. The lowest BCUT2D eigenvalue weighted by Gasteiger charge is -2.17. The Hall–Kier alpha value is -0.0800. The molecule has 0 saturated heterocycles.